The number of para-hydroxylation sites is 1. The summed E-state index contributed by atoms with van der Waals surface area (Å²) in [6.07, 6.45) is 3.07. The highest BCUT2D eigenvalue weighted by Crippen LogP contribution is 2.37. The summed E-state index contributed by atoms with van der Waals surface area (Å²) in [6, 6.07) is 21.9. The molecule has 0 aliphatic carbocycles. The zero-order chi connectivity index (χ0) is 22.8. The van der Waals surface area contributed by atoms with Gasteiger partial charge in [0.25, 0.3) is 0 Å². The number of methoxy groups -OCH3 is 1. The Kier molecular flexibility index (Phi) is 5.79. The van der Waals surface area contributed by atoms with Crippen LogP contribution in [0.4, 0.5) is 0 Å². The summed E-state index contributed by atoms with van der Waals surface area (Å²) < 4.78 is 7.20. The Morgan fingerprint density at radius 2 is 1.88 bits per heavy atom. The van der Waals surface area contributed by atoms with Crippen molar-refractivity contribution in [1.82, 2.24) is 14.8 Å². The molecule has 7 heteroatoms. The quantitative estimate of drug-likeness (QED) is 0.374. The molecule has 5 rings (SSSR count). The van der Waals surface area contributed by atoms with Crippen molar-refractivity contribution in [3.63, 3.8) is 0 Å². The SMILES string of the molecule is CCC(=O)N1N=C(c2cn(-c3ccccc3)nc2-c2ccc(OC)cc2)C[C@H]1c1cccs1. The van der Waals surface area contributed by atoms with Crippen LogP contribution in [0.25, 0.3) is 16.9 Å². The first-order valence-corrected chi connectivity index (χ1v) is 11.8. The molecular weight excluding hydrogens is 432 g/mol. The summed E-state index contributed by atoms with van der Waals surface area (Å²) in [4.78, 5) is 13.9. The van der Waals surface area contributed by atoms with E-state index >= 15 is 0 Å². The fourth-order valence-corrected chi connectivity index (χ4v) is 4.84. The Morgan fingerprint density at radius 1 is 1.09 bits per heavy atom. The molecule has 1 atom stereocenters. The van der Waals surface area contributed by atoms with Crippen molar-refractivity contribution in [2.24, 2.45) is 5.10 Å². The van der Waals surface area contributed by atoms with Crippen LogP contribution in [0.15, 0.2) is 83.4 Å². The molecule has 0 spiro atoms. The van der Waals surface area contributed by atoms with E-state index in [1.54, 1.807) is 23.5 Å². The number of carbonyl (C=O) groups is 1. The van der Waals surface area contributed by atoms with Crippen molar-refractivity contribution < 1.29 is 9.53 Å². The molecule has 0 unspecified atom stereocenters. The number of rotatable bonds is 6. The smallest absolute Gasteiger partial charge is 0.243 e. The first kappa shape index (κ1) is 21.2. The third-order valence-electron chi connectivity index (χ3n) is 5.75. The number of ether oxygens (including phenoxy) is 1. The van der Waals surface area contributed by atoms with Crippen LogP contribution in [-0.2, 0) is 4.79 Å². The van der Waals surface area contributed by atoms with Crippen LogP contribution in [0.3, 0.4) is 0 Å². The molecule has 0 N–H and O–H groups in total. The maximum Gasteiger partial charge on any atom is 0.243 e. The second-order valence-corrected chi connectivity index (χ2v) is 8.75. The zero-order valence-electron chi connectivity index (χ0n) is 18.5. The third kappa shape index (κ3) is 4.07. The highest BCUT2D eigenvalue weighted by Gasteiger charge is 2.34. The number of thiophene rings is 1. The van der Waals surface area contributed by atoms with Crippen LogP contribution >= 0.6 is 11.3 Å². The highest BCUT2D eigenvalue weighted by molar-refractivity contribution is 7.10. The molecule has 3 heterocycles. The minimum Gasteiger partial charge on any atom is -0.497 e. The van der Waals surface area contributed by atoms with Crippen molar-refractivity contribution in [2.45, 2.75) is 25.8 Å². The van der Waals surface area contributed by atoms with Crippen LogP contribution in [-0.4, -0.2) is 33.5 Å². The van der Waals surface area contributed by atoms with E-state index in [0.717, 1.165) is 38.8 Å². The van der Waals surface area contributed by atoms with Crippen molar-refractivity contribution in [3.8, 4) is 22.7 Å². The normalized spacial score (nSPS) is 15.5. The van der Waals surface area contributed by atoms with Gasteiger partial charge in [0.05, 0.1) is 24.6 Å². The van der Waals surface area contributed by atoms with Crippen molar-refractivity contribution in [1.29, 1.82) is 0 Å². The van der Waals surface area contributed by atoms with Gasteiger partial charge >= 0.3 is 0 Å². The molecule has 0 saturated carbocycles. The number of amides is 1. The first-order chi connectivity index (χ1) is 16.2. The first-order valence-electron chi connectivity index (χ1n) is 10.9. The number of aromatic nitrogens is 2. The lowest BCUT2D eigenvalue weighted by Crippen LogP contribution is -2.25. The van der Waals surface area contributed by atoms with Gasteiger partial charge in [0.1, 0.15) is 11.4 Å². The largest absolute Gasteiger partial charge is 0.497 e. The van der Waals surface area contributed by atoms with Gasteiger partial charge in [-0.25, -0.2) is 9.69 Å². The van der Waals surface area contributed by atoms with Gasteiger partial charge in [-0.15, -0.1) is 11.3 Å². The summed E-state index contributed by atoms with van der Waals surface area (Å²) in [6.45, 7) is 1.87. The van der Waals surface area contributed by atoms with Crippen molar-refractivity contribution >= 4 is 23.0 Å². The van der Waals surface area contributed by atoms with E-state index < -0.39 is 0 Å². The Labute approximate surface area is 196 Å². The lowest BCUT2D eigenvalue weighted by molar-refractivity contribution is -0.132. The number of carbonyl (C=O) groups excluding carboxylic acids is 1. The summed E-state index contributed by atoms with van der Waals surface area (Å²) in [7, 11) is 1.65. The van der Waals surface area contributed by atoms with Crippen LogP contribution < -0.4 is 4.74 Å². The molecule has 0 bridgehead atoms. The lowest BCUT2D eigenvalue weighted by Gasteiger charge is -2.19. The van der Waals surface area contributed by atoms with E-state index in [1.807, 2.05) is 83.8 Å². The lowest BCUT2D eigenvalue weighted by atomic mass is 10.00. The Hall–Kier alpha value is -3.71. The van der Waals surface area contributed by atoms with Gasteiger partial charge in [0.15, 0.2) is 0 Å². The third-order valence-corrected chi connectivity index (χ3v) is 6.72. The molecule has 2 aromatic carbocycles. The van der Waals surface area contributed by atoms with Crippen LogP contribution in [0.5, 0.6) is 5.75 Å². The monoisotopic (exact) mass is 456 g/mol. The fourth-order valence-electron chi connectivity index (χ4n) is 4.03. The number of hydrazone groups is 1. The predicted molar refractivity (Wildman–Crippen MR) is 131 cm³/mol. The van der Waals surface area contributed by atoms with Crippen LogP contribution in [0, 0.1) is 0 Å². The Morgan fingerprint density at radius 3 is 2.55 bits per heavy atom. The molecule has 0 radical (unpaired) electrons. The van der Waals surface area contributed by atoms with E-state index in [1.165, 1.54) is 0 Å². The fraction of sp³-hybridized carbons (Fsp3) is 0.192. The van der Waals surface area contributed by atoms with Gasteiger partial charge in [-0.05, 0) is 47.8 Å². The maximum absolute atomic E-state index is 12.7. The minimum atomic E-state index is -0.0868. The van der Waals surface area contributed by atoms with Gasteiger partial charge in [-0.1, -0.05) is 31.2 Å². The topological polar surface area (TPSA) is 59.7 Å². The predicted octanol–water partition coefficient (Wildman–Crippen LogP) is 5.70. The average Bonchev–Trinajstić information content (AvgIpc) is 3.63. The zero-order valence-corrected chi connectivity index (χ0v) is 19.3. The van der Waals surface area contributed by atoms with Gasteiger partial charge in [-0.3, -0.25) is 4.79 Å². The molecular formula is C26H24N4O2S. The molecule has 1 amide bonds. The molecule has 0 saturated heterocycles. The van der Waals surface area contributed by atoms with E-state index in [9.17, 15) is 4.79 Å². The van der Waals surface area contributed by atoms with Crippen molar-refractivity contribution in [2.75, 3.05) is 7.11 Å². The molecule has 33 heavy (non-hydrogen) atoms. The van der Waals surface area contributed by atoms with Gasteiger partial charge < -0.3 is 4.74 Å². The molecule has 1 aliphatic heterocycles. The van der Waals surface area contributed by atoms with Gasteiger partial charge in [-0.2, -0.15) is 10.2 Å². The second-order valence-electron chi connectivity index (χ2n) is 7.77. The van der Waals surface area contributed by atoms with E-state index in [0.29, 0.717) is 12.8 Å². The van der Waals surface area contributed by atoms with Crippen LogP contribution in [0.2, 0.25) is 0 Å². The summed E-state index contributed by atoms with van der Waals surface area (Å²) in [5, 5.41) is 13.4. The molecule has 1 aliphatic rings. The number of benzene rings is 2. The summed E-state index contributed by atoms with van der Waals surface area (Å²) in [5.74, 6) is 0.809. The second kappa shape index (κ2) is 9.03. The minimum absolute atomic E-state index is 0.0184. The van der Waals surface area contributed by atoms with Crippen LogP contribution in [0.1, 0.15) is 36.2 Å². The number of nitrogens with zero attached hydrogens (tertiary/aromatic N) is 4. The molecule has 4 aromatic rings. The molecule has 166 valence electrons. The molecule has 2 aromatic heterocycles. The number of hydrogen-bond acceptors (Lipinski definition) is 5. The number of hydrogen-bond donors (Lipinski definition) is 0. The standard InChI is InChI=1S/C26H24N4O2S/c1-3-25(31)30-23(24-10-7-15-33-24)16-22(27-30)21-17-29(19-8-5-4-6-9-19)28-26(21)18-11-13-20(32-2)14-12-18/h4-15,17,23H,3,16H2,1-2H3/t23-/m0/s1. The van der Waals surface area contributed by atoms with E-state index in [4.69, 9.17) is 14.9 Å². The summed E-state index contributed by atoms with van der Waals surface area (Å²) >= 11 is 1.65. The average molecular weight is 457 g/mol. The maximum atomic E-state index is 12.7. The Bertz CT molecular complexity index is 1280. The van der Waals surface area contributed by atoms with E-state index in [-0.39, 0.29) is 11.9 Å². The molecule has 0 fully saturated rings. The van der Waals surface area contributed by atoms with Crippen molar-refractivity contribution in [3.05, 3.63) is 88.7 Å². The molecule has 6 nitrogen and oxygen atoms in total. The highest BCUT2D eigenvalue weighted by atomic mass is 32.1. The van der Waals surface area contributed by atoms with Gasteiger partial charge in [0, 0.05) is 35.0 Å². The van der Waals surface area contributed by atoms with Gasteiger partial charge in [0.2, 0.25) is 5.91 Å². The van der Waals surface area contributed by atoms with E-state index in [2.05, 4.69) is 6.07 Å². The Balaban J connectivity index is 1.61. The summed E-state index contributed by atoms with van der Waals surface area (Å²) in [5.41, 5.74) is 4.56.